The minimum atomic E-state index is 0.182. The van der Waals surface area contributed by atoms with Gasteiger partial charge in [0.15, 0.2) is 0 Å². The van der Waals surface area contributed by atoms with E-state index in [2.05, 4.69) is 47.6 Å². The second-order valence-corrected chi connectivity index (χ2v) is 4.08. The summed E-state index contributed by atoms with van der Waals surface area (Å²) in [5.74, 6) is 0. The SMILES string of the molecule is CNC(c1ccc(C)c(C)c1)c1ccn[nH]1. The molecule has 2 rings (SSSR count). The molecule has 0 saturated heterocycles. The van der Waals surface area contributed by atoms with Gasteiger partial charge in [0.25, 0.3) is 0 Å². The van der Waals surface area contributed by atoms with Crippen molar-refractivity contribution in [3.63, 3.8) is 0 Å². The van der Waals surface area contributed by atoms with Crippen LogP contribution in [-0.4, -0.2) is 17.2 Å². The van der Waals surface area contributed by atoms with Crippen molar-refractivity contribution in [3.8, 4) is 0 Å². The van der Waals surface area contributed by atoms with E-state index in [-0.39, 0.29) is 6.04 Å². The van der Waals surface area contributed by atoms with Gasteiger partial charge in [0, 0.05) is 6.20 Å². The topological polar surface area (TPSA) is 40.7 Å². The maximum atomic E-state index is 3.99. The van der Waals surface area contributed by atoms with E-state index < -0.39 is 0 Å². The van der Waals surface area contributed by atoms with Crippen LogP contribution in [-0.2, 0) is 0 Å². The molecule has 1 aromatic carbocycles. The minimum absolute atomic E-state index is 0.182. The Balaban J connectivity index is 2.37. The number of rotatable bonds is 3. The summed E-state index contributed by atoms with van der Waals surface area (Å²) < 4.78 is 0. The van der Waals surface area contributed by atoms with Crippen LogP contribution < -0.4 is 5.32 Å². The third-order valence-electron chi connectivity index (χ3n) is 2.99. The third-order valence-corrected chi connectivity index (χ3v) is 2.99. The van der Waals surface area contributed by atoms with Crippen LogP contribution in [0.1, 0.15) is 28.4 Å². The van der Waals surface area contributed by atoms with E-state index in [1.807, 2.05) is 13.1 Å². The van der Waals surface area contributed by atoms with Gasteiger partial charge in [0.1, 0.15) is 0 Å². The molecule has 0 saturated carbocycles. The first-order chi connectivity index (χ1) is 7.72. The smallest absolute Gasteiger partial charge is 0.0743 e. The van der Waals surface area contributed by atoms with Gasteiger partial charge in [-0.05, 0) is 43.7 Å². The highest BCUT2D eigenvalue weighted by Crippen LogP contribution is 2.21. The van der Waals surface area contributed by atoms with Crippen molar-refractivity contribution in [2.45, 2.75) is 19.9 Å². The number of aromatic nitrogens is 2. The van der Waals surface area contributed by atoms with Gasteiger partial charge in [-0.1, -0.05) is 18.2 Å². The van der Waals surface area contributed by atoms with E-state index in [1.165, 1.54) is 16.7 Å². The molecule has 1 atom stereocenters. The lowest BCUT2D eigenvalue weighted by molar-refractivity contribution is 0.667. The second kappa shape index (κ2) is 4.49. The van der Waals surface area contributed by atoms with E-state index in [0.717, 1.165) is 5.69 Å². The predicted molar refractivity (Wildman–Crippen MR) is 65.4 cm³/mol. The fourth-order valence-corrected chi connectivity index (χ4v) is 1.87. The summed E-state index contributed by atoms with van der Waals surface area (Å²) in [5, 5.41) is 10.3. The van der Waals surface area contributed by atoms with Crippen molar-refractivity contribution < 1.29 is 0 Å². The Labute approximate surface area is 95.9 Å². The Morgan fingerprint density at radius 3 is 2.56 bits per heavy atom. The molecule has 0 aliphatic heterocycles. The average Bonchev–Trinajstić information content (AvgIpc) is 2.78. The molecule has 0 aliphatic carbocycles. The van der Waals surface area contributed by atoms with Gasteiger partial charge in [0.2, 0.25) is 0 Å². The quantitative estimate of drug-likeness (QED) is 0.825. The summed E-state index contributed by atoms with van der Waals surface area (Å²) in [5.41, 5.74) is 4.99. The molecule has 0 radical (unpaired) electrons. The van der Waals surface area contributed by atoms with Gasteiger partial charge in [-0.3, -0.25) is 5.10 Å². The molecule has 0 bridgehead atoms. The first-order valence-corrected chi connectivity index (χ1v) is 5.46. The number of nitrogens with one attached hydrogen (secondary N) is 2. The van der Waals surface area contributed by atoms with Gasteiger partial charge < -0.3 is 5.32 Å². The van der Waals surface area contributed by atoms with E-state index in [0.29, 0.717) is 0 Å². The number of hydrogen-bond acceptors (Lipinski definition) is 2. The maximum absolute atomic E-state index is 3.99. The lowest BCUT2D eigenvalue weighted by Crippen LogP contribution is -2.18. The number of H-pyrrole nitrogens is 1. The van der Waals surface area contributed by atoms with Crippen LogP contribution >= 0.6 is 0 Å². The molecule has 1 heterocycles. The summed E-state index contributed by atoms with van der Waals surface area (Å²) >= 11 is 0. The van der Waals surface area contributed by atoms with E-state index in [9.17, 15) is 0 Å². The molecule has 16 heavy (non-hydrogen) atoms. The van der Waals surface area contributed by atoms with Gasteiger partial charge in [-0.25, -0.2) is 0 Å². The van der Waals surface area contributed by atoms with Crippen LogP contribution in [0, 0.1) is 13.8 Å². The fraction of sp³-hybridized carbons (Fsp3) is 0.308. The number of benzene rings is 1. The van der Waals surface area contributed by atoms with Crippen LogP contribution in [0.5, 0.6) is 0 Å². The third kappa shape index (κ3) is 1.99. The summed E-state index contributed by atoms with van der Waals surface area (Å²) in [6, 6.07) is 8.71. The monoisotopic (exact) mass is 215 g/mol. The molecular formula is C13H17N3. The van der Waals surface area contributed by atoms with E-state index >= 15 is 0 Å². The first kappa shape index (κ1) is 10.9. The molecule has 1 aromatic heterocycles. The Kier molecular flexibility index (Phi) is 3.06. The Morgan fingerprint density at radius 1 is 1.19 bits per heavy atom. The highest BCUT2D eigenvalue weighted by atomic mass is 15.1. The first-order valence-electron chi connectivity index (χ1n) is 5.46. The van der Waals surface area contributed by atoms with Crippen molar-refractivity contribution in [1.29, 1.82) is 0 Å². The Morgan fingerprint density at radius 2 is 2.00 bits per heavy atom. The zero-order valence-corrected chi connectivity index (χ0v) is 9.91. The molecule has 3 nitrogen and oxygen atoms in total. The highest BCUT2D eigenvalue weighted by Gasteiger charge is 2.13. The minimum Gasteiger partial charge on any atom is -0.308 e. The molecule has 3 heteroatoms. The summed E-state index contributed by atoms with van der Waals surface area (Å²) in [6.07, 6.45) is 1.78. The molecule has 84 valence electrons. The lowest BCUT2D eigenvalue weighted by Gasteiger charge is -2.16. The Hall–Kier alpha value is -1.61. The molecule has 1 unspecified atom stereocenters. The number of nitrogens with zero attached hydrogens (tertiary/aromatic N) is 1. The van der Waals surface area contributed by atoms with Crippen LogP contribution in [0.15, 0.2) is 30.5 Å². The van der Waals surface area contributed by atoms with Crippen molar-refractivity contribution in [1.82, 2.24) is 15.5 Å². The molecule has 2 aromatic rings. The molecule has 0 spiro atoms. The standard InChI is InChI=1S/C13H17N3/c1-9-4-5-11(8-10(9)2)13(14-3)12-6-7-15-16-12/h4-8,13-14H,1-3H3,(H,15,16). The van der Waals surface area contributed by atoms with Crippen LogP contribution in [0.3, 0.4) is 0 Å². The zero-order chi connectivity index (χ0) is 11.5. The van der Waals surface area contributed by atoms with Gasteiger partial charge in [-0.15, -0.1) is 0 Å². The van der Waals surface area contributed by atoms with Crippen LogP contribution in [0.2, 0.25) is 0 Å². The Bertz CT molecular complexity index is 460. The molecule has 0 amide bonds. The highest BCUT2D eigenvalue weighted by molar-refractivity contribution is 5.34. The molecular weight excluding hydrogens is 198 g/mol. The van der Waals surface area contributed by atoms with Gasteiger partial charge in [0.05, 0.1) is 11.7 Å². The van der Waals surface area contributed by atoms with Crippen molar-refractivity contribution >= 4 is 0 Å². The van der Waals surface area contributed by atoms with E-state index in [4.69, 9.17) is 0 Å². The predicted octanol–water partition coefficient (Wildman–Crippen LogP) is 2.34. The molecule has 0 fully saturated rings. The van der Waals surface area contributed by atoms with Crippen molar-refractivity contribution in [2.24, 2.45) is 0 Å². The van der Waals surface area contributed by atoms with E-state index in [1.54, 1.807) is 6.20 Å². The largest absolute Gasteiger partial charge is 0.308 e. The van der Waals surface area contributed by atoms with Crippen LogP contribution in [0.25, 0.3) is 0 Å². The molecule has 0 aliphatic rings. The van der Waals surface area contributed by atoms with Crippen molar-refractivity contribution in [3.05, 3.63) is 52.8 Å². The van der Waals surface area contributed by atoms with Gasteiger partial charge >= 0.3 is 0 Å². The summed E-state index contributed by atoms with van der Waals surface area (Å²) in [6.45, 7) is 4.27. The normalized spacial score (nSPS) is 12.7. The second-order valence-electron chi connectivity index (χ2n) is 4.08. The van der Waals surface area contributed by atoms with Crippen molar-refractivity contribution in [2.75, 3.05) is 7.05 Å². The van der Waals surface area contributed by atoms with Crippen LogP contribution in [0.4, 0.5) is 0 Å². The fourth-order valence-electron chi connectivity index (χ4n) is 1.87. The average molecular weight is 215 g/mol. The lowest BCUT2D eigenvalue weighted by atomic mass is 9.99. The van der Waals surface area contributed by atoms with Gasteiger partial charge in [-0.2, -0.15) is 5.10 Å². The molecule has 2 N–H and O–H groups in total. The number of aryl methyl sites for hydroxylation is 2. The summed E-state index contributed by atoms with van der Waals surface area (Å²) in [4.78, 5) is 0. The number of hydrogen-bond donors (Lipinski definition) is 2. The maximum Gasteiger partial charge on any atom is 0.0743 e. The zero-order valence-electron chi connectivity index (χ0n) is 9.91. The number of aromatic amines is 1. The summed E-state index contributed by atoms with van der Waals surface area (Å²) in [7, 11) is 1.96.